The van der Waals surface area contributed by atoms with Gasteiger partial charge >= 0.3 is 0 Å². The molecule has 2 aromatic carbocycles. The lowest BCUT2D eigenvalue weighted by atomic mass is 10.0. The van der Waals surface area contributed by atoms with Gasteiger partial charge in [-0.05, 0) is 38.1 Å². The topological polar surface area (TPSA) is 111 Å². The fourth-order valence-corrected chi connectivity index (χ4v) is 3.75. The van der Waals surface area contributed by atoms with Crippen LogP contribution >= 0.6 is 0 Å². The summed E-state index contributed by atoms with van der Waals surface area (Å²) in [6.07, 6.45) is 0.762. The molecule has 1 aliphatic heterocycles. The van der Waals surface area contributed by atoms with E-state index in [2.05, 4.69) is 5.32 Å². The Labute approximate surface area is 170 Å². The van der Waals surface area contributed by atoms with E-state index in [0.29, 0.717) is 22.9 Å². The zero-order chi connectivity index (χ0) is 21.4. The summed E-state index contributed by atoms with van der Waals surface area (Å²) in [6.45, 7) is 3.72. The SMILES string of the molecule is CN(C)c1ccc(S(N)(=O)=O)cc1NC(=O)COc1cccc2c1OC(C)(C)C2. The van der Waals surface area contributed by atoms with E-state index in [1.165, 1.54) is 12.1 Å². The minimum absolute atomic E-state index is 0.0872. The molecule has 0 radical (unpaired) electrons. The van der Waals surface area contributed by atoms with Crippen LogP contribution in [0.25, 0.3) is 0 Å². The first-order valence-electron chi connectivity index (χ1n) is 9.04. The summed E-state index contributed by atoms with van der Waals surface area (Å²) in [5, 5.41) is 7.89. The largest absolute Gasteiger partial charge is 0.483 e. The van der Waals surface area contributed by atoms with Gasteiger partial charge in [-0.1, -0.05) is 12.1 Å². The maximum atomic E-state index is 12.5. The normalized spacial score (nSPS) is 14.7. The molecule has 0 unspecified atom stereocenters. The van der Waals surface area contributed by atoms with Gasteiger partial charge in [0.2, 0.25) is 10.0 Å². The molecule has 0 bridgehead atoms. The van der Waals surface area contributed by atoms with Crippen molar-refractivity contribution in [1.29, 1.82) is 0 Å². The van der Waals surface area contributed by atoms with Crippen LogP contribution in [-0.4, -0.2) is 40.6 Å². The molecule has 0 aliphatic carbocycles. The van der Waals surface area contributed by atoms with Crippen LogP contribution < -0.4 is 24.8 Å². The van der Waals surface area contributed by atoms with Crippen molar-refractivity contribution in [1.82, 2.24) is 0 Å². The molecule has 3 rings (SSSR count). The Balaban J connectivity index is 1.75. The van der Waals surface area contributed by atoms with Crippen molar-refractivity contribution in [2.75, 3.05) is 30.9 Å². The average Bonchev–Trinajstić information content (AvgIpc) is 2.93. The summed E-state index contributed by atoms with van der Waals surface area (Å²) in [5.74, 6) is 0.708. The number of benzene rings is 2. The van der Waals surface area contributed by atoms with Crippen LogP contribution in [0.5, 0.6) is 11.5 Å². The summed E-state index contributed by atoms with van der Waals surface area (Å²) >= 11 is 0. The first-order chi connectivity index (χ1) is 13.5. The van der Waals surface area contributed by atoms with E-state index in [0.717, 1.165) is 12.0 Å². The van der Waals surface area contributed by atoms with Gasteiger partial charge in [0, 0.05) is 26.1 Å². The van der Waals surface area contributed by atoms with Crippen LogP contribution in [0.2, 0.25) is 0 Å². The van der Waals surface area contributed by atoms with Gasteiger partial charge in [-0.3, -0.25) is 4.79 Å². The zero-order valence-electron chi connectivity index (χ0n) is 16.9. The number of nitrogens with zero attached hydrogens (tertiary/aromatic N) is 1. The van der Waals surface area contributed by atoms with Crippen molar-refractivity contribution >= 4 is 27.3 Å². The second-order valence-corrected chi connectivity index (χ2v) is 9.30. The molecule has 0 saturated heterocycles. The van der Waals surface area contributed by atoms with E-state index < -0.39 is 15.9 Å². The maximum absolute atomic E-state index is 12.5. The first kappa shape index (κ1) is 20.9. The Morgan fingerprint density at radius 1 is 1.28 bits per heavy atom. The zero-order valence-corrected chi connectivity index (χ0v) is 17.7. The number of amides is 1. The van der Waals surface area contributed by atoms with Crippen molar-refractivity contribution in [3.05, 3.63) is 42.0 Å². The van der Waals surface area contributed by atoms with Crippen LogP contribution in [0.15, 0.2) is 41.3 Å². The third kappa shape index (κ3) is 4.80. The molecule has 1 heterocycles. The molecule has 0 atom stereocenters. The number of sulfonamides is 1. The summed E-state index contributed by atoms with van der Waals surface area (Å²) in [6, 6.07) is 9.88. The second kappa shape index (κ2) is 7.57. The van der Waals surface area contributed by atoms with Crippen molar-refractivity contribution in [2.45, 2.75) is 30.8 Å². The minimum atomic E-state index is -3.89. The lowest BCUT2D eigenvalue weighted by Crippen LogP contribution is -2.25. The molecule has 9 heteroatoms. The number of fused-ring (bicyclic) bond motifs is 1. The number of anilines is 2. The third-order valence-electron chi connectivity index (χ3n) is 4.47. The fraction of sp³-hybridized carbons (Fsp3) is 0.350. The Morgan fingerprint density at radius 3 is 2.66 bits per heavy atom. The van der Waals surface area contributed by atoms with E-state index >= 15 is 0 Å². The van der Waals surface area contributed by atoms with Crippen LogP contribution in [0.3, 0.4) is 0 Å². The number of nitrogens with two attached hydrogens (primary N) is 1. The van der Waals surface area contributed by atoms with Gasteiger partial charge in [-0.2, -0.15) is 0 Å². The predicted molar refractivity (Wildman–Crippen MR) is 111 cm³/mol. The van der Waals surface area contributed by atoms with Crippen LogP contribution in [0, 0.1) is 0 Å². The predicted octanol–water partition coefficient (Wildman–Crippen LogP) is 2.13. The Bertz CT molecular complexity index is 1050. The highest BCUT2D eigenvalue weighted by molar-refractivity contribution is 7.89. The summed E-state index contributed by atoms with van der Waals surface area (Å²) in [7, 11) is -0.330. The first-order valence-corrected chi connectivity index (χ1v) is 10.6. The average molecular weight is 420 g/mol. The molecular weight excluding hydrogens is 394 g/mol. The van der Waals surface area contributed by atoms with Crippen LogP contribution in [0.1, 0.15) is 19.4 Å². The van der Waals surface area contributed by atoms with Gasteiger partial charge < -0.3 is 19.7 Å². The lowest BCUT2D eigenvalue weighted by Gasteiger charge is -2.19. The van der Waals surface area contributed by atoms with Crippen molar-refractivity contribution in [3.8, 4) is 11.5 Å². The molecule has 156 valence electrons. The molecule has 2 aromatic rings. The number of carbonyl (C=O) groups is 1. The highest BCUT2D eigenvalue weighted by Crippen LogP contribution is 2.41. The Morgan fingerprint density at radius 2 is 2.00 bits per heavy atom. The monoisotopic (exact) mass is 419 g/mol. The van der Waals surface area contributed by atoms with Crippen LogP contribution in [0.4, 0.5) is 11.4 Å². The van der Waals surface area contributed by atoms with Gasteiger partial charge in [0.05, 0.1) is 16.3 Å². The Kier molecular flexibility index (Phi) is 5.46. The third-order valence-corrected chi connectivity index (χ3v) is 5.38. The van der Waals surface area contributed by atoms with Gasteiger partial charge in [0.25, 0.3) is 5.91 Å². The summed E-state index contributed by atoms with van der Waals surface area (Å²) < 4.78 is 34.9. The number of ether oxygens (including phenoxy) is 2. The van der Waals surface area contributed by atoms with E-state index in [1.807, 2.05) is 26.0 Å². The quantitative estimate of drug-likeness (QED) is 0.742. The van der Waals surface area contributed by atoms with Gasteiger partial charge in [-0.25, -0.2) is 13.6 Å². The van der Waals surface area contributed by atoms with E-state index in [9.17, 15) is 13.2 Å². The van der Waals surface area contributed by atoms with Gasteiger partial charge in [-0.15, -0.1) is 0 Å². The number of para-hydroxylation sites is 1. The number of primary sulfonamides is 1. The second-order valence-electron chi connectivity index (χ2n) is 7.74. The minimum Gasteiger partial charge on any atom is -0.483 e. The standard InChI is InChI=1S/C20H25N3O5S/c1-20(2)11-13-6-5-7-17(19(13)28-20)27-12-18(24)22-15-10-14(29(21,25)26)8-9-16(15)23(3)4/h5-10H,11-12H2,1-4H3,(H,22,24)(H2,21,25,26). The lowest BCUT2D eigenvalue weighted by molar-refractivity contribution is -0.118. The molecule has 29 heavy (non-hydrogen) atoms. The molecule has 0 spiro atoms. The number of hydrogen-bond donors (Lipinski definition) is 2. The molecule has 1 amide bonds. The van der Waals surface area contributed by atoms with Crippen LogP contribution in [-0.2, 0) is 21.2 Å². The molecule has 0 aromatic heterocycles. The molecule has 0 saturated carbocycles. The molecule has 0 fully saturated rings. The molecule has 3 N–H and O–H groups in total. The molecule has 8 nitrogen and oxygen atoms in total. The number of carbonyl (C=O) groups excluding carboxylic acids is 1. The van der Waals surface area contributed by atoms with Gasteiger partial charge in [0.15, 0.2) is 18.1 Å². The van der Waals surface area contributed by atoms with Crippen molar-refractivity contribution in [2.24, 2.45) is 5.14 Å². The number of hydrogen-bond acceptors (Lipinski definition) is 6. The van der Waals surface area contributed by atoms with E-state index in [-0.39, 0.29) is 17.1 Å². The summed E-state index contributed by atoms with van der Waals surface area (Å²) in [5.41, 5.74) is 1.67. The molecule has 1 aliphatic rings. The molecular formula is C20H25N3O5S. The summed E-state index contributed by atoms with van der Waals surface area (Å²) in [4.78, 5) is 14.1. The highest BCUT2D eigenvalue weighted by atomic mass is 32.2. The fourth-order valence-electron chi connectivity index (χ4n) is 3.21. The van der Waals surface area contributed by atoms with Gasteiger partial charge in [0.1, 0.15) is 5.60 Å². The Hall–Kier alpha value is -2.78. The maximum Gasteiger partial charge on any atom is 0.262 e. The van der Waals surface area contributed by atoms with E-state index in [4.69, 9.17) is 14.6 Å². The van der Waals surface area contributed by atoms with E-state index in [1.54, 1.807) is 31.1 Å². The van der Waals surface area contributed by atoms with Crippen molar-refractivity contribution < 1.29 is 22.7 Å². The van der Waals surface area contributed by atoms with Crippen molar-refractivity contribution in [3.63, 3.8) is 0 Å². The number of nitrogens with one attached hydrogen (secondary N) is 1. The number of rotatable bonds is 6. The smallest absolute Gasteiger partial charge is 0.262 e. The highest BCUT2D eigenvalue weighted by Gasteiger charge is 2.32.